The second kappa shape index (κ2) is 9.36. The van der Waals surface area contributed by atoms with Gasteiger partial charge < -0.3 is 10.1 Å². The van der Waals surface area contributed by atoms with E-state index in [-0.39, 0.29) is 18.2 Å². The SMILES string of the molecule is CNCC1CCN(S(=O)(=O)Cc2cccc(C(=O)OC)c2)CC1.Cl. The molecule has 6 nitrogen and oxygen atoms in total. The summed E-state index contributed by atoms with van der Waals surface area (Å²) in [5, 5.41) is 3.14. The zero-order valence-electron chi connectivity index (χ0n) is 14.0. The van der Waals surface area contributed by atoms with Crippen molar-refractivity contribution < 1.29 is 17.9 Å². The van der Waals surface area contributed by atoms with E-state index in [0.29, 0.717) is 30.1 Å². The maximum atomic E-state index is 12.6. The lowest BCUT2D eigenvalue weighted by Gasteiger charge is -2.31. The van der Waals surface area contributed by atoms with Crippen molar-refractivity contribution in [3.8, 4) is 0 Å². The fraction of sp³-hybridized carbons (Fsp3) is 0.562. The Hall–Kier alpha value is -1.15. The number of benzene rings is 1. The summed E-state index contributed by atoms with van der Waals surface area (Å²) < 4.78 is 31.4. The number of hydrogen-bond acceptors (Lipinski definition) is 5. The van der Waals surface area contributed by atoms with Gasteiger partial charge in [0, 0.05) is 13.1 Å². The summed E-state index contributed by atoms with van der Waals surface area (Å²) >= 11 is 0. The number of methoxy groups -OCH3 is 1. The summed E-state index contributed by atoms with van der Waals surface area (Å²) in [6, 6.07) is 6.59. The third kappa shape index (κ3) is 5.44. The molecule has 0 aromatic heterocycles. The predicted octanol–water partition coefficient (Wildman–Crippen LogP) is 1.66. The summed E-state index contributed by atoms with van der Waals surface area (Å²) in [4.78, 5) is 11.5. The van der Waals surface area contributed by atoms with Crippen molar-refractivity contribution in [2.45, 2.75) is 18.6 Å². The molecule has 24 heavy (non-hydrogen) atoms. The van der Waals surface area contributed by atoms with Crippen molar-refractivity contribution in [3.05, 3.63) is 35.4 Å². The normalized spacial score (nSPS) is 16.4. The molecule has 0 atom stereocenters. The van der Waals surface area contributed by atoms with Crippen LogP contribution in [0.25, 0.3) is 0 Å². The summed E-state index contributed by atoms with van der Waals surface area (Å²) in [5.74, 6) is -0.0135. The molecular formula is C16H25ClN2O4S. The maximum absolute atomic E-state index is 12.6. The Morgan fingerprint density at radius 2 is 2.00 bits per heavy atom. The van der Waals surface area contributed by atoms with E-state index in [4.69, 9.17) is 0 Å². The lowest BCUT2D eigenvalue weighted by molar-refractivity contribution is 0.0600. The molecule has 0 aliphatic carbocycles. The van der Waals surface area contributed by atoms with Gasteiger partial charge in [-0.05, 0) is 50.0 Å². The zero-order chi connectivity index (χ0) is 16.9. The Bertz CT molecular complexity index is 643. The van der Waals surface area contributed by atoms with Crippen LogP contribution in [0.1, 0.15) is 28.8 Å². The molecule has 0 saturated carbocycles. The summed E-state index contributed by atoms with van der Waals surface area (Å²) in [6.07, 6.45) is 1.75. The number of carbonyl (C=O) groups excluding carboxylic acids is 1. The minimum absolute atomic E-state index is 0. The van der Waals surface area contributed by atoms with Crippen LogP contribution in [0.5, 0.6) is 0 Å². The van der Waals surface area contributed by atoms with E-state index in [9.17, 15) is 13.2 Å². The number of esters is 1. The Morgan fingerprint density at radius 3 is 2.58 bits per heavy atom. The van der Waals surface area contributed by atoms with Crippen molar-refractivity contribution in [1.29, 1.82) is 0 Å². The van der Waals surface area contributed by atoms with Gasteiger partial charge >= 0.3 is 5.97 Å². The highest BCUT2D eigenvalue weighted by atomic mass is 35.5. The van der Waals surface area contributed by atoms with Gasteiger partial charge in [0.25, 0.3) is 0 Å². The smallest absolute Gasteiger partial charge is 0.337 e. The quantitative estimate of drug-likeness (QED) is 0.764. The third-order valence-corrected chi connectivity index (χ3v) is 6.01. The van der Waals surface area contributed by atoms with Gasteiger partial charge in [-0.3, -0.25) is 0 Å². The Morgan fingerprint density at radius 1 is 1.33 bits per heavy atom. The van der Waals surface area contributed by atoms with E-state index in [1.54, 1.807) is 28.6 Å². The second-order valence-corrected chi connectivity index (χ2v) is 7.82. The average Bonchev–Trinajstić information content (AvgIpc) is 2.55. The van der Waals surface area contributed by atoms with Crippen LogP contribution in [-0.2, 0) is 20.5 Å². The molecule has 1 aromatic rings. The molecule has 1 aliphatic rings. The lowest BCUT2D eigenvalue weighted by Crippen LogP contribution is -2.40. The fourth-order valence-electron chi connectivity index (χ4n) is 2.89. The lowest BCUT2D eigenvalue weighted by atomic mass is 9.98. The molecule has 0 unspecified atom stereocenters. The maximum Gasteiger partial charge on any atom is 0.337 e. The third-order valence-electron chi connectivity index (χ3n) is 4.16. The highest BCUT2D eigenvalue weighted by Gasteiger charge is 2.28. The molecule has 0 amide bonds. The minimum atomic E-state index is -3.36. The number of ether oxygens (including phenoxy) is 1. The van der Waals surface area contributed by atoms with Crippen molar-refractivity contribution >= 4 is 28.4 Å². The van der Waals surface area contributed by atoms with Gasteiger partial charge in [0.15, 0.2) is 0 Å². The van der Waals surface area contributed by atoms with Crippen molar-refractivity contribution in [2.75, 3.05) is 33.8 Å². The first-order chi connectivity index (χ1) is 11.0. The van der Waals surface area contributed by atoms with E-state index in [1.165, 1.54) is 7.11 Å². The number of nitrogens with zero attached hydrogens (tertiary/aromatic N) is 1. The number of nitrogens with one attached hydrogen (secondary N) is 1. The molecule has 1 heterocycles. The minimum Gasteiger partial charge on any atom is -0.465 e. The topological polar surface area (TPSA) is 75.7 Å². The van der Waals surface area contributed by atoms with Crippen LogP contribution in [0.15, 0.2) is 24.3 Å². The molecule has 8 heteroatoms. The fourth-order valence-corrected chi connectivity index (χ4v) is 4.44. The first-order valence-electron chi connectivity index (χ1n) is 7.76. The van der Waals surface area contributed by atoms with Crippen LogP contribution in [0.4, 0.5) is 0 Å². The Balaban J connectivity index is 0.00000288. The molecule has 1 saturated heterocycles. The summed E-state index contributed by atoms with van der Waals surface area (Å²) in [7, 11) is -0.142. The van der Waals surface area contributed by atoms with E-state index >= 15 is 0 Å². The van der Waals surface area contributed by atoms with Crippen LogP contribution < -0.4 is 5.32 Å². The summed E-state index contributed by atoms with van der Waals surface area (Å²) in [6.45, 7) is 2.05. The molecular weight excluding hydrogens is 352 g/mol. The molecule has 0 bridgehead atoms. The number of carbonyl (C=O) groups is 1. The second-order valence-electron chi connectivity index (χ2n) is 5.85. The van der Waals surface area contributed by atoms with Crippen molar-refractivity contribution in [2.24, 2.45) is 5.92 Å². The van der Waals surface area contributed by atoms with Gasteiger partial charge in [0.05, 0.1) is 18.4 Å². The van der Waals surface area contributed by atoms with Gasteiger partial charge in [0.2, 0.25) is 10.0 Å². The number of piperidine rings is 1. The van der Waals surface area contributed by atoms with E-state index in [0.717, 1.165) is 19.4 Å². The monoisotopic (exact) mass is 376 g/mol. The molecule has 0 radical (unpaired) electrons. The predicted molar refractivity (Wildman–Crippen MR) is 95.9 cm³/mol. The van der Waals surface area contributed by atoms with Gasteiger partial charge in [-0.1, -0.05) is 12.1 Å². The summed E-state index contributed by atoms with van der Waals surface area (Å²) in [5.41, 5.74) is 0.971. The zero-order valence-corrected chi connectivity index (χ0v) is 15.7. The van der Waals surface area contributed by atoms with Crippen LogP contribution in [0.3, 0.4) is 0 Å². The number of rotatable bonds is 6. The van der Waals surface area contributed by atoms with Crippen LogP contribution >= 0.6 is 12.4 Å². The largest absolute Gasteiger partial charge is 0.465 e. The first-order valence-corrected chi connectivity index (χ1v) is 9.37. The van der Waals surface area contributed by atoms with Gasteiger partial charge in [0.1, 0.15) is 0 Å². The van der Waals surface area contributed by atoms with Gasteiger partial charge in [-0.25, -0.2) is 17.5 Å². The van der Waals surface area contributed by atoms with E-state index in [1.807, 2.05) is 7.05 Å². The molecule has 1 N–H and O–H groups in total. The Kier molecular flexibility index (Phi) is 8.15. The molecule has 1 aliphatic heterocycles. The molecule has 136 valence electrons. The molecule has 1 fully saturated rings. The van der Waals surface area contributed by atoms with Crippen LogP contribution in [0.2, 0.25) is 0 Å². The van der Waals surface area contributed by atoms with Crippen LogP contribution in [0, 0.1) is 5.92 Å². The number of hydrogen-bond donors (Lipinski definition) is 1. The molecule has 1 aromatic carbocycles. The average molecular weight is 377 g/mol. The number of sulfonamides is 1. The van der Waals surface area contributed by atoms with E-state index in [2.05, 4.69) is 10.1 Å². The van der Waals surface area contributed by atoms with Crippen molar-refractivity contribution in [3.63, 3.8) is 0 Å². The number of halogens is 1. The van der Waals surface area contributed by atoms with E-state index < -0.39 is 16.0 Å². The molecule has 2 rings (SSSR count). The Labute approximate surface area is 150 Å². The highest BCUT2D eigenvalue weighted by molar-refractivity contribution is 7.88. The van der Waals surface area contributed by atoms with Crippen LogP contribution in [-0.4, -0.2) is 52.5 Å². The van der Waals surface area contributed by atoms with Crippen molar-refractivity contribution in [1.82, 2.24) is 9.62 Å². The van der Waals surface area contributed by atoms with Gasteiger partial charge in [-0.15, -0.1) is 12.4 Å². The standard InChI is InChI=1S/C16H24N2O4S.ClH/c1-17-11-13-6-8-18(9-7-13)23(20,21)12-14-4-3-5-15(10-14)16(19)22-2;/h3-5,10,13,17H,6-9,11-12H2,1-2H3;1H. The van der Waals surface area contributed by atoms with Gasteiger partial charge in [-0.2, -0.15) is 0 Å². The highest BCUT2D eigenvalue weighted by Crippen LogP contribution is 2.21. The molecule has 0 spiro atoms. The first kappa shape index (κ1) is 20.9.